The average molecular weight is 343 g/mol. The molecule has 0 N–H and O–H groups in total. The lowest BCUT2D eigenvalue weighted by atomic mass is 10.2. The maximum Gasteiger partial charge on any atom is 0.257 e. The van der Waals surface area contributed by atoms with Gasteiger partial charge in [-0.3, -0.25) is 4.79 Å². The summed E-state index contributed by atoms with van der Waals surface area (Å²) < 4.78 is 10.4. The Morgan fingerprint density at radius 2 is 1.64 bits per heavy atom. The van der Waals surface area contributed by atoms with Crippen molar-refractivity contribution in [3.63, 3.8) is 0 Å². The summed E-state index contributed by atoms with van der Waals surface area (Å²) in [6.45, 7) is 6.00. The van der Waals surface area contributed by atoms with Crippen molar-refractivity contribution in [1.82, 2.24) is 14.9 Å². The molecule has 4 rings (SSSR count). The second-order valence-electron chi connectivity index (χ2n) is 6.13. The lowest BCUT2D eigenvalue weighted by Gasteiger charge is -2.35. The Morgan fingerprint density at radius 3 is 2.28 bits per heavy atom. The van der Waals surface area contributed by atoms with Gasteiger partial charge < -0.3 is 23.9 Å². The fourth-order valence-electron chi connectivity index (χ4n) is 3.18. The fourth-order valence-corrected chi connectivity index (χ4v) is 3.18. The first-order valence-corrected chi connectivity index (χ1v) is 8.52. The number of carbonyl (C=O) groups is 1. The monoisotopic (exact) mass is 343 g/mol. The Bertz CT molecular complexity index is 707. The normalized spacial score (nSPS) is 18.5. The van der Waals surface area contributed by atoms with Crippen molar-refractivity contribution in [3.8, 4) is 0 Å². The summed E-state index contributed by atoms with van der Waals surface area (Å²) in [4.78, 5) is 27.4. The number of amides is 1. The number of carbonyl (C=O) groups excluding carboxylic acids is 1. The van der Waals surface area contributed by atoms with Gasteiger partial charge in [-0.25, -0.2) is 9.97 Å². The van der Waals surface area contributed by atoms with Gasteiger partial charge >= 0.3 is 0 Å². The molecule has 8 nitrogen and oxygen atoms in total. The van der Waals surface area contributed by atoms with E-state index in [1.54, 1.807) is 12.4 Å². The summed E-state index contributed by atoms with van der Waals surface area (Å²) in [5.74, 6) is 1.86. The number of anilines is 2. The molecule has 0 aromatic carbocycles. The van der Waals surface area contributed by atoms with Crippen LogP contribution in [0.2, 0.25) is 0 Å². The molecule has 2 saturated heterocycles. The zero-order valence-corrected chi connectivity index (χ0v) is 14.0. The molecule has 0 radical (unpaired) electrons. The lowest BCUT2D eigenvalue weighted by Crippen LogP contribution is -2.49. The predicted molar refractivity (Wildman–Crippen MR) is 91.9 cm³/mol. The quantitative estimate of drug-likeness (QED) is 0.818. The van der Waals surface area contributed by atoms with E-state index >= 15 is 0 Å². The average Bonchev–Trinajstić information content (AvgIpc) is 3.23. The van der Waals surface area contributed by atoms with E-state index in [1.807, 2.05) is 11.0 Å². The molecule has 0 spiro atoms. The maximum absolute atomic E-state index is 12.4. The molecule has 132 valence electrons. The van der Waals surface area contributed by atoms with Gasteiger partial charge in [0, 0.05) is 45.3 Å². The van der Waals surface area contributed by atoms with Crippen LogP contribution in [-0.2, 0) is 4.74 Å². The SMILES string of the molecule is O=C(c1ccoc1)N1CCN(c2cc(N3CCOCC3)ncn2)CC1. The highest BCUT2D eigenvalue weighted by Gasteiger charge is 2.24. The molecular formula is C17H21N5O3. The van der Waals surface area contributed by atoms with Crippen molar-refractivity contribution in [2.45, 2.75) is 0 Å². The van der Waals surface area contributed by atoms with Crippen LogP contribution in [0.3, 0.4) is 0 Å². The largest absolute Gasteiger partial charge is 0.472 e. The minimum absolute atomic E-state index is 0.0186. The van der Waals surface area contributed by atoms with Crippen LogP contribution in [0.5, 0.6) is 0 Å². The third-order valence-electron chi connectivity index (χ3n) is 4.63. The van der Waals surface area contributed by atoms with Crippen LogP contribution in [0.25, 0.3) is 0 Å². The lowest BCUT2D eigenvalue weighted by molar-refractivity contribution is 0.0746. The van der Waals surface area contributed by atoms with Crippen LogP contribution in [-0.4, -0.2) is 73.3 Å². The smallest absolute Gasteiger partial charge is 0.257 e. The van der Waals surface area contributed by atoms with Crippen molar-refractivity contribution < 1.29 is 13.9 Å². The highest BCUT2D eigenvalue weighted by atomic mass is 16.5. The van der Waals surface area contributed by atoms with E-state index in [9.17, 15) is 4.79 Å². The summed E-state index contributed by atoms with van der Waals surface area (Å²) in [6, 6.07) is 3.73. The molecule has 0 atom stereocenters. The molecule has 2 aromatic rings. The van der Waals surface area contributed by atoms with E-state index in [0.717, 1.165) is 51.0 Å². The Labute approximate surface area is 146 Å². The number of nitrogens with zero attached hydrogens (tertiary/aromatic N) is 5. The Kier molecular flexibility index (Phi) is 4.51. The molecule has 2 aromatic heterocycles. The summed E-state index contributed by atoms with van der Waals surface area (Å²) in [5.41, 5.74) is 0.602. The summed E-state index contributed by atoms with van der Waals surface area (Å²) in [7, 11) is 0. The van der Waals surface area contributed by atoms with Gasteiger partial charge in [-0.2, -0.15) is 0 Å². The minimum Gasteiger partial charge on any atom is -0.472 e. The third kappa shape index (κ3) is 3.43. The third-order valence-corrected chi connectivity index (χ3v) is 4.63. The van der Waals surface area contributed by atoms with E-state index in [0.29, 0.717) is 18.7 Å². The number of furan rings is 1. The first-order chi connectivity index (χ1) is 12.3. The van der Waals surface area contributed by atoms with Crippen molar-refractivity contribution in [2.24, 2.45) is 0 Å². The molecule has 2 aliphatic heterocycles. The Morgan fingerprint density at radius 1 is 0.960 bits per heavy atom. The van der Waals surface area contributed by atoms with Gasteiger partial charge in [-0.05, 0) is 6.07 Å². The van der Waals surface area contributed by atoms with Gasteiger partial charge in [-0.1, -0.05) is 0 Å². The fraction of sp³-hybridized carbons (Fsp3) is 0.471. The van der Waals surface area contributed by atoms with E-state index in [4.69, 9.17) is 9.15 Å². The predicted octanol–water partition coefficient (Wildman–Crippen LogP) is 0.869. The molecule has 0 saturated carbocycles. The van der Waals surface area contributed by atoms with Gasteiger partial charge in [0.1, 0.15) is 24.2 Å². The number of aromatic nitrogens is 2. The molecule has 0 unspecified atom stereocenters. The van der Waals surface area contributed by atoms with Gasteiger partial charge in [0.15, 0.2) is 0 Å². The second-order valence-corrected chi connectivity index (χ2v) is 6.13. The van der Waals surface area contributed by atoms with Crippen LogP contribution >= 0.6 is 0 Å². The number of ether oxygens (including phenoxy) is 1. The molecule has 8 heteroatoms. The topological polar surface area (TPSA) is 74.9 Å². The van der Waals surface area contributed by atoms with Crippen LogP contribution in [0.4, 0.5) is 11.6 Å². The summed E-state index contributed by atoms with van der Waals surface area (Å²) in [5, 5.41) is 0. The van der Waals surface area contributed by atoms with Crippen molar-refractivity contribution in [3.05, 3.63) is 36.5 Å². The molecule has 4 heterocycles. The standard InChI is InChI=1S/C17H21N5O3/c23-17(14-1-8-25-12-14)22-4-2-20(3-5-22)15-11-16(19-13-18-15)21-6-9-24-10-7-21/h1,8,11-13H,2-7,9-10H2. The first kappa shape index (κ1) is 15.9. The highest BCUT2D eigenvalue weighted by Crippen LogP contribution is 2.20. The van der Waals surface area contributed by atoms with Gasteiger partial charge in [0.05, 0.1) is 25.0 Å². The van der Waals surface area contributed by atoms with Crippen molar-refractivity contribution in [1.29, 1.82) is 0 Å². The summed E-state index contributed by atoms with van der Waals surface area (Å²) >= 11 is 0. The van der Waals surface area contributed by atoms with Crippen LogP contribution < -0.4 is 9.80 Å². The number of rotatable bonds is 3. The van der Waals surface area contributed by atoms with E-state index < -0.39 is 0 Å². The van der Waals surface area contributed by atoms with Gasteiger partial charge in [0.2, 0.25) is 0 Å². The maximum atomic E-state index is 12.4. The number of morpholine rings is 1. The first-order valence-electron chi connectivity index (χ1n) is 8.52. The number of hydrogen-bond acceptors (Lipinski definition) is 7. The molecule has 1 amide bonds. The van der Waals surface area contributed by atoms with E-state index in [-0.39, 0.29) is 5.91 Å². The van der Waals surface area contributed by atoms with Crippen molar-refractivity contribution in [2.75, 3.05) is 62.3 Å². The molecular weight excluding hydrogens is 322 g/mol. The van der Waals surface area contributed by atoms with Gasteiger partial charge in [-0.15, -0.1) is 0 Å². The Hall–Kier alpha value is -2.61. The summed E-state index contributed by atoms with van der Waals surface area (Å²) in [6.07, 6.45) is 4.63. The van der Waals surface area contributed by atoms with E-state index in [2.05, 4.69) is 19.8 Å². The zero-order valence-electron chi connectivity index (χ0n) is 14.0. The number of hydrogen-bond donors (Lipinski definition) is 0. The van der Waals surface area contributed by atoms with Crippen LogP contribution in [0.1, 0.15) is 10.4 Å². The molecule has 2 aliphatic rings. The molecule has 2 fully saturated rings. The molecule has 0 bridgehead atoms. The van der Waals surface area contributed by atoms with Gasteiger partial charge in [0.25, 0.3) is 5.91 Å². The molecule has 0 aliphatic carbocycles. The number of piperazine rings is 1. The van der Waals surface area contributed by atoms with Crippen LogP contribution in [0.15, 0.2) is 35.4 Å². The zero-order chi connectivity index (χ0) is 17.1. The second kappa shape index (κ2) is 7.10. The highest BCUT2D eigenvalue weighted by molar-refractivity contribution is 5.94. The molecule has 25 heavy (non-hydrogen) atoms. The van der Waals surface area contributed by atoms with Crippen LogP contribution in [0, 0.1) is 0 Å². The van der Waals surface area contributed by atoms with Crippen molar-refractivity contribution >= 4 is 17.5 Å². The van der Waals surface area contributed by atoms with E-state index in [1.165, 1.54) is 12.5 Å². The minimum atomic E-state index is 0.0186. The Balaban J connectivity index is 1.40.